The Morgan fingerprint density at radius 3 is 2.00 bits per heavy atom. The van der Waals surface area contributed by atoms with Crippen molar-refractivity contribution in [1.29, 1.82) is 0 Å². The Kier molecular flexibility index (Phi) is 13.5. The van der Waals surface area contributed by atoms with Crippen molar-refractivity contribution in [3.8, 4) is 0 Å². The van der Waals surface area contributed by atoms with Gasteiger partial charge in [-0.3, -0.25) is 4.79 Å². The monoisotopic (exact) mass is 824 g/mol. The number of fused-ring (bicyclic) bond motifs is 5. The molecule has 0 amide bonds. The summed E-state index contributed by atoms with van der Waals surface area (Å²) in [5.41, 5.74) is 1.38. The first-order valence-electron chi connectivity index (χ1n) is 21.5. The molecule has 14 nitrogen and oxygen atoms in total. The predicted octanol–water partition coefficient (Wildman–Crippen LogP) is 2.50. The molecule has 4 aliphatic carbocycles. The van der Waals surface area contributed by atoms with E-state index in [0.29, 0.717) is 18.8 Å². The zero-order valence-corrected chi connectivity index (χ0v) is 35.9. The van der Waals surface area contributed by atoms with Crippen LogP contribution in [-0.4, -0.2) is 140 Å². The Morgan fingerprint density at radius 2 is 1.36 bits per heavy atom. The maximum Gasteiger partial charge on any atom is 0.302 e. The van der Waals surface area contributed by atoms with E-state index >= 15 is 0 Å². The number of allylic oxidation sites excluding steroid dienone is 4. The summed E-state index contributed by atoms with van der Waals surface area (Å²) in [5.74, 6) is -0.0541. The van der Waals surface area contributed by atoms with Crippen LogP contribution >= 0.6 is 0 Å². The van der Waals surface area contributed by atoms with Crippen LogP contribution in [0.2, 0.25) is 0 Å². The minimum Gasteiger partial charge on any atom is -0.463 e. The summed E-state index contributed by atoms with van der Waals surface area (Å²) in [6, 6.07) is 0. The van der Waals surface area contributed by atoms with Crippen molar-refractivity contribution >= 4 is 5.97 Å². The molecule has 6 fully saturated rings. The van der Waals surface area contributed by atoms with Crippen molar-refractivity contribution in [2.45, 2.75) is 187 Å². The number of hydrogen-bond acceptors (Lipinski definition) is 14. The lowest BCUT2D eigenvalue weighted by Crippen LogP contribution is -2.69. The summed E-state index contributed by atoms with van der Waals surface area (Å²) in [5, 5.41) is 88.9. The quantitative estimate of drug-likeness (QED) is 0.0901. The highest BCUT2D eigenvalue weighted by atomic mass is 16.8. The van der Waals surface area contributed by atoms with Crippen LogP contribution in [0.1, 0.15) is 107 Å². The van der Waals surface area contributed by atoms with Gasteiger partial charge in [0.15, 0.2) is 12.6 Å². The van der Waals surface area contributed by atoms with Gasteiger partial charge < -0.3 is 64.5 Å². The van der Waals surface area contributed by atoms with Crippen LogP contribution in [0.5, 0.6) is 0 Å². The summed E-state index contributed by atoms with van der Waals surface area (Å²) in [7, 11) is 0. The van der Waals surface area contributed by atoms with E-state index in [1.54, 1.807) is 0 Å². The first-order chi connectivity index (χ1) is 27.0. The molecule has 0 aromatic rings. The number of ether oxygens (including phenoxy) is 5. The lowest BCUT2D eigenvalue weighted by Gasteiger charge is -2.71. The van der Waals surface area contributed by atoms with Gasteiger partial charge in [0.05, 0.1) is 24.9 Å². The SMILES string of the molecule is CC(=O)OC[C@H]1O[C@@H](O[C@H]2[C@H](O[C@H]3[C@H](O)C[C@]4(C)[C@H]5C[C@@H](O)[C@@H]6[C@@H](/C(C)=C\CC=C(C)C)CC[C@@]6(C)[C@]5(C)CC[C@H]4C3(C)C)O[C@H](CO)[C@@H](O)[C@@H]2O)[C@H](O)[C@@H](O)[C@@H]1O. The zero-order chi connectivity index (χ0) is 42.9. The molecule has 0 spiro atoms. The van der Waals surface area contributed by atoms with Crippen molar-refractivity contribution < 1.29 is 69.3 Å². The van der Waals surface area contributed by atoms with Gasteiger partial charge in [-0.1, -0.05) is 57.9 Å². The maximum absolute atomic E-state index is 12.2. The molecule has 8 N–H and O–H groups in total. The molecule has 2 aliphatic heterocycles. The van der Waals surface area contributed by atoms with Gasteiger partial charge in [0, 0.05) is 6.92 Å². The molecular formula is C44H72O14. The molecule has 0 bridgehead atoms. The van der Waals surface area contributed by atoms with E-state index in [9.17, 15) is 45.6 Å². The van der Waals surface area contributed by atoms with Crippen LogP contribution in [0.3, 0.4) is 0 Å². The lowest BCUT2D eigenvalue weighted by atomic mass is 9.35. The van der Waals surface area contributed by atoms with Gasteiger partial charge in [0.25, 0.3) is 0 Å². The Morgan fingerprint density at radius 1 is 0.724 bits per heavy atom. The summed E-state index contributed by atoms with van der Waals surface area (Å²) in [6.45, 7) is 17.7. The maximum atomic E-state index is 12.2. The molecule has 4 saturated carbocycles. The van der Waals surface area contributed by atoms with Crippen molar-refractivity contribution in [3.63, 3.8) is 0 Å². The summed E-state index contributed by atoms with van der Waals surface area (Å²) in [4.78, 5) is 11.5. The van der Waals surface area contributed by atoms with Crippen molar-refractivity contribution in [3.05, 3.63) is 23.3 Å². The molecule has 6 aliphatic rings. The average Bonchev–Trinajstić information content (AvgIpc) is 3.52. The normalized spacial score (nSPS) is 50.3. The van der Waals surface area contributed by atoms with Gasteiger partial charge >= 0.3 is 5.97 Å². The van der Waals surface area contributed by atoms with Crippen LogP contribution in [-0.2, 0) is 28.5 Å². The molecule has 0 unspecified atom stereocenters. The molecule has 20 atom stereocenters. The second-order valence-electron chi connectivity index (χ2n) is 20.2. The Hall–Kier alpha value is -1.53. The van der Waals surface area contributed by atoms with E-state index in [1.807, 2.05) is 0 Å². The fraction of sp³-hybridized carbons (Fsp3) is 0.886. The van der Waals surface area contributed by atoms with E-state index in [-0.39, 0.29) is 34.0 Å². The highest BCUT2D eigenvalue weighted by Gasteiger charge is 2.71. The number of aliphatic hydroxyl groups is 8. The van der Waals surface area contributed by atoms with Crippen LogP contribution < -0.4 is 0 Å². The van der Waals surface area contributed by atoms with Gasteiger partial charge in [-0.05, 0) is 111 Å². The molecule has 332 valence electrons. The summed E-state index contributed by atoms with van der Waals surface area (Å²) >= 11 is 0. The fourth-order valence-corrected chi connectivity index (χ4v) is 13.3. The van der Waals surface area contributed by atoms with E-state index in [0.717, 1.165) is 39.0 Å². The van der Waals surface area contributed by atoms with Gasteiger partial charge in [-0.2, -0.15) is 0 Å². The molecule has 2 saturated heterocycles. The Labute approximate surface area is 343 Å². The summed E-state index contributed by atoms with van der Waals surface area (Å²) < 4.78 is 29.4. The highest BCUT2D eigenvalue weighted by molar-refractivity contribution is 5.65. The molecule has 0 aromatic heterocycles. The zero-order valence-electron chi connectivity index (χ0n) is 35.9. The molecule has 14 heteroatoms. The number of carbonyl (C=O) groups excluding carboxylic acids is 1. The van der Waals surface area contributed by atoms with Gasteiger partial charge in [0.1, 0.15) is 55.4 Å². The van der Waals surface area contributed by atoms with E-state index in [4.69, 9.17) is 23.7 Å². The number of carbonyl (C=O) groups is 1. The van der Waals surface area contributed by atoms with Crippen LogP contribution in [0.25, 0.3) is 0 Å². The second-order valence-corrected chi connectivity index (χ2v) is 20.2. The van der Waals surface area contributed by atoms with Crippen molar-refractivity contribution in [2.75, 3.05) is 13.2 Å². The predicted molar refractivity (Wildman–Crippen MR) is 210 cm³/mol. The molecule has 2 heterocycles. The number of hydrogen-bond donors (Lipinski definition) is 8. The minimum absolute atomic E-state index is 0.0380. The second kappa shape index (κ2) is 17.0. The van der Waals surface area contributed by atoms with Crippen LogP contribution in [0.4, 0.5) is 0 Å². The fourth-order valence-electron chi connectivity index (χ4n) is 13.3. The number of rotatable bonds is 10. The van der Waals surface area contributed by atoms with Crippen molar-refractivity contribution in [1.82, 2.24) is 0 Å². The first-order valence-corrected chi connectivity index (χ1v) is 21.5. The van der Waals surface area contributed by atoms with E-state index in [1.165, 1.54) is 11.1 Å². The van der Waals surface area contributed by atoms with Crippen LogP contribution in [0.15, 0.2) is 23.3 Å². The largest absolute Gasteiger partial charge is 0.463 e. The third kappa shape index (κ3) is 7.78. The lowest BCUT2D eigenvalue weighted by molar-refractivity contribution is -0.383. The molecular weight excluding hydrogens is 752 g/mol. The third-order valence-corrected chi connectivity index (χ3v) is 16.4. The van der Waals surface area contributed by atoms with Crippen molar-refractivity contribution in [2.24, 2.45) is 45.3 Å². The number of esters is 1. The van der Waals surface area contributed by atoms with Gasteiger partial charge in [0.2, 0.25) is 0 Å². The van der Waals surface area contributed by atoms with Gasteiger partial charge in [-0.15, -0.1) is 0 Å². The first kappa shape index (κ1) is 46.0. The molecule has 58 heavy (non-hydrogen) atoms. The topological polar surface area (TPSA) is 225 Å². The minimum atomic E-state index is -1.83. The number of aliphatic hydroxyl groups excluding tert-OH is 8. The Bertz CT molecular complexity index is 1530. The average molecular weight is 825 g/mol. The summed E-state index contributed by atoms with van der Waals surface area (Å²) in [6.07, 6.45) is -8.08. The smallest absolute Gasteiger partial charge is 0.302 e. The third-order valence-electron chi connectivity index (χ3n) is 16.4. The Balaban J connectivity index is 1.25. The van der Waals surface area contributed by atoms with Gasteiger partial charge in [-0.25, -0.2) is 0 Å². The van der Waals surface area contributed by atoms with E-state index < -0.39 is 104 Å². The van der Waals surface area contributed by atoms with E-state index in [2.05, 4.69) is 67.5 Å². The molecule has 0 aromatic carbocycles. The molecule has 6 rings (SSSR count). The highest BCUT2D eigenvalue weighted by Crippen LogP contribution is 2.75. The standard InChI is InChI=1S/C44H72O14/c1-21(2)11-10-12-22(3)24-13-15-44(9)31(24)25(47)17-30-42(7)18-26(48)38(41(5,6)29(42)14-16-43(30,44)8)58-40-37(35(52)32(49)27(19-45)55-40)57-39-36(53)34(51)33(50)28(56-39)20-54-23(4)46/h11-12,24-40,45,47-53H,10,13-20H2,1-9H3/b22-12-/t24-,25-,26-,27-,28-,29+,30-,31+,32-,33-,34+,35+,36-,37-,38+,39+,40+,42+,43-,44-/m1/s1. The van der Waals surface area contributed by atoms with Crippen LogP contribution in [0, 0.1) is 45.3 Å². The molecule has 0 radical (unpaired) electrons.